The van der Waals surface area contributed by atoms with E-state index >= 15 is 0 Å². The fourth-order valence-corrected chi connectivity index (χ4v) is 4.47. The molecular weight excluding hydrogens is 245 g/mol. The predicted molar refractivity (Wildman–Crippen MR) is 87.4 cm³/mol. The first-order valence-corrected chi connectivity index (χ1v) is 8.30. The monoisotopic (exact) mass is 271 g/mol. The summed E-state index contributed by atoms with van der Waals surface area (Å²) in [4.78, 5) is 11.9. The molecule has 20 heavy (non-hydrogen) atoms. The number of rotatable bonds is 2. The van der Waals surface area contributed by atoms with Gasteiger partial charge in [-0.25, -0.2) is 9.98 Å². The van der Waals surface area contributed by atoms with Gasteiger partial charge >= 0.3 is 0 Å². The fraction of sp³-hybridized carbons (Fsp3) is 0.750. The average Bonchev–Trinajstić information content (AvgIpc) is 2.38. The number of fused-ring (bicyclic) bond motifs is 2. The highest BCUT2D eigenvalue weighted by atomic mass is 15.3. The topological polar surface area (TPSA) is 28.0 Å². The first kappa shape index (κ1) is 13.9. The Morgan fingerprint density at radius 3 is 2.00 bits per heavy atom. The zero-order chi connectivity index (χ0) is 14.1. The molecule has 4 heteroatoms. The normalized spacial score (nSPS) is 30.1. The van der Waals surface area contributed by atoms with Crippen LogP contribution in [0.25, 0.3) is 0 Å². The first-order chi connectivity index (χ1) is 9.70. The second-order valence-electron chi connectivity index (χ2n) is 6.53. The first-order valence-electron chi connectivity index (χ1n) is 8.30. The van der Waals surface area contributed by atoms with Gasteiger partial charge in [0.1, 0.15) is 0 Å². The van der Waals surface area contributed by atoms with Crippen LogP contribution in [0.15, 0.2) is 21.9 Å². The van der Waals surface area contributed by atoms with Crippen LogP contribution in [0.1, 0.15) is 65.7 Å². The van der Waals surface area contributed by atoms with Crippen LogP contribution in [0.3, 0.4) is 0 Å². The highest BCUT2D eigenvalue weighted by Crippen LogP contribution is 2.47. The zero-order valence-electron chi connectivity index (χ0n) is 13.1. The third-order valence-corrected chi connectivity index (χ3v) is 5.20. The van der Waals surface area contributed by atoms with Gasteiger partial charge in [-0.1, -0.05) is 45.4 Å². The Labute approximate surface area is 123 Å². The third-order valence-electron chi connectivity index (χ3n) is 5.20. The highest BCUT2D eigenvalue weighted by Gasteiger charge is 2.45. The molecule has 0 atom stereocenters. The van der Waals surface area contributed by atoms with Crippen LogP contribution < -0.4 is 0 Å². The van der Waals surface area contributed by atoms with Crippen molar-refractivity contribution in [3.05, 3.63) is 11.9 Å². The third kappa shape index (κ3) is 2.45. The van der Waals surface area contributed by atoms with Crippen molar-refractivity contribution in [2.45, 2.75) is 77.4 Å². The van der Waals surface area contributed by atoms with E-state index in [1.807, 2.05) is 0 Å². The Morgan fingerprint density at radius 1 is 1.05 bits per heavy atom. The predicted octanol–water partition coefficient (Wildman–Crippen LogP) is 4.49. The summed E-state index contributed by atoms with van der Waals surface area (Å²) >= 11 is 0. The molecule has 3 heterocycles. The molecule has 0 aliphatic carbocycles. The highest BCUT2D eigenvalue weighted by molar-refractivity contribution is 6.65. The van der Waals surface area contributed by atoms with Crippen molar-refractivity contribution in [3.63, 3.8) is 0 Å². The molecule has 108 valence electrons. The van der Waals surface area contributed by atoms with Crippen molar-refractivity contribution in [2.75, 3.05) is 0 Å². The van der Waals surface area contributed by atoms with Crippen LogP contribution in [0, 0.1) is 0 Å². The lowest BCUT2D eigenvalue weighted by atomic mass is 9.33. The minimum Gasteiger partial charge on any atom is -0.363 e. The van der Waals surface area contributed by atoms with E-state index in [2.05, 4.69) is 31.7 Å². The molecule has 3 rings (SSSR count). The lowest BCUT2D eigenvalue weighted by molar-refractivity contribution is 0.426. The maximum absolute atomic E-state index is 4.72. The van der Waals surface area contributed by atoms with Gasteiger partial charge in [-0.15, -0.1) is 0 Å². The van der Waals surface area contributed by atoms with Crippen molar-refractivity contribution in [2.24, 2.45) is 9.98 Å². The van der Waals surface area contributed by atoms with Gasteiger partial charge in [-0.3, -0.25) is 0 Å². The van der Waals surface area contributed by atoms with E-state index in [1.54, 1.807) is 0 Å². The Balaban J connectivity index is 1.88. The number of nitrogens with zero attached hydrogens (tertiary/aromatic N) is 3. The van der Waals surface area contributed by atoms with Crippen molar-refractivity contribution in [3.8, 4) is 0 Å². The summed E-state index contributed by atoms with van der Waals surface area (Å²) in [5.41, 5.74) is 0. The summed E-state index contributed by atoms with van der Waals surface area (Å²) in [5, 5.41) is 0. The molecule has 2 fully saturated rings. The van der Waals surface area contributed by atoms with Crippen LogP contribution in [-0.4, -0.2) is 23.3 Å². The molecular formula is C16H26BN3. The minimum absolute atomic E-state index is 0.660. The van der Waals surface area contributed by atoms with Gasteiger partial charge in [-0.2, -0.15) is 0 Å². The SMILES string of the molecule is CCC=C1N=C(C)N(B2C3CCCC2CCC3)C(C)=N1. The fourth-order valence-electron chi connectivity index (χ4n) is 4.47. The van der Waals surface area contributed by atoms with Gasteiger partial charge in [0.05, 0.1) is 11.7 Å². The van der Waals surface area contributed by atoms with Crippen molar-refractivity contribution in [1.29, 1.82) is 0 Å². The average molecular weight is 271 g/mol. The van der Waals surface area contributed by atoms with E-state index < -0.39 is 0 Å². The molecule has 0 amide bonds. The molecule has 0 aromatic rings. The van der Waals surface area contributed by atoms with Gasteiger partial charge in [0.15, 0.2) is 5.82 Å². The van der Waals surface area contributed by atoms with Gasteiger partial charge < -0.3 is 4.81 Å². The molecule has 0 unspecified atom stereocenters. The summed E-state index contributed by atoms with van der Waals surface area (Å²) in [6.45, 7) is 7.12. The maximum atomic E-state index is 4.72. The number of hydrogen-bond donors (Lipinski definition) is 0. The van der Waals surface area contributed by atoms with E-state index in [1.165, 1.54) is 38.5 Å². The maximum Gasteiger partial charge on any atom is 0.269 e. The molecule has 2 bridgehead atoms. The Bertz CT molecular complexity index is 422. The number of amidine groups is 2. The standard InChI is InChI=1S/C16H26BN3/c1-4-7-16-18-12(2)20(13(3)19-16)17-14-8-5-9-15(17)11-6-10-14/h7,14-15H,4-6,8-11H2,1-3H3. The Kier molecular flexibility index (Phi) is 4.00. The van der Waals surface area contributed by atoms with Crippen LogP contribution in [-0.2, 0) is 0 Å². The van der Waals surface area contributed by atoms with Gasteiger partial charge in [0, 0.05) is 0 Å². The zero-order valence-corrected chi connectivity index (χ0v) is 13.1. The lowest BCUT2D eigenvalue weighted by Crippen LogP contribution is -2.54. The quantitative estimate of drug-likeness (QED) is 0.680. The summed E-state index contributed by atoms with van der Waals surface area (Å²) in [6, 6.07) is 0. The van der Waals surface area contributed by atoms with E-state index in [4.69, 9.17) is 9.98 Å². The Morgan fingerprint density at radius 2 is 1.55 bits per heavy atom. The molecule has 0 spiro atoms. The molecule has 0 N–H and O–H groups in total. The van der Waals surface area contributed by atoms with Crippen molar-refractivity contribution >= 4 is 18.5 Å². The second-order valence-corrected chi connectivity index (χ2v) is 6.53. The van der Waals surface area contributed by atoms with E-state index in [0.29, 0.717) is 6.85 Å². The van der Waals surface area contributed by atoms with E-state index in [-0.39, 0.29) is 0 Å². The molecule has 3 aliphatic rings. The summed E-state index contributed by atoms with van der Waals surface area (Å²) < 4.78 is 0. The van der Waals surface area contributed by atoms with Crippen LogP contribution in [0.2, 0.25) is 11.6 Å². The molecule has 0 aromatic carbocycles. The van der Waals surface area contributed by atoms with Crippen LogP contribution in [0.4, 0.5) is 0 Å². The second kappa shape index (κ2) is 5.75. The lowest BCUT2D eigenvalue weighted by Gasteiger charge is -2.46. The molecule has 3 nitrogen and oxygen atoms in total. The van der Waals surface area contributed by atoms with Crippen molar-refractivity contribution in [1.82, 2.24) is 4.81 Å². The van der Waals surface area contributed by atoms with E-state index in [0.717, 1.165) is 35.5 Å². The van der Waals surface area contributed by atoms with Crippen LogP contribution >= 0.6 is 0 Å². The molecule has 3 aliphatic heterocycles. The molecule has 0 saturated carbocycles. The Hall–Kier alpha value is -1.06. The van der Waals surface area contributed by atoms with Gasteiger partial charge in [0.25, 0.3) is 6.85 Å². The number of allylic oxidation sites excluding steroid dienone is 1. The van der Waals surface area contributed by atoms with Crippen molar-refractivity contribution < 1.29 is 0 Å². The van der Waals surface area contributed by atoms with Crippen LogP contribution in [0.5, 0.6) is 0 Å². The summed E-state index contributed by atoms with van der Waals surface area (Å²) in [6.07, 6.45) is 11.6. The largest absolute Gasteiger partial charge is 0.363 e. The molecule has 0 aromatic heterocycles. The molecule has 2 saturated heterocycles. The van der Waals surface area contributed by atoms with Gasteiger partial charge in [-0.05, 0) is 38.0 Å². The molecule has 0 radical (unpaired) electrons. The number of aliphatic imine (C=N–C) groups is 2. The number of hydrogen-bond acceptors (Lipinski definition) is 3. The summed E-state index contributed by atoms with van der Waals surface area (Å²) in [7, 11) is 0. The van der Waals surface area contributed by atoms with Gasteiger partial charge in [0.2, 0.25) is 0 Å². The minimum atomic E-state index is 0.660. The van der Waals surface area contributed by atoms with E-state index in [9.17, 15) is 0 Å². The summed E-state index contributed by atoms with van der Waals surface area (Å²) in [5.74, 6) is 4.92. The smallest absolute Gasteiger partial charge is 0.269 e.